The first-order chi connectivity index (χ1) is 18.6. The number of carbonyl (C=O) groups is 2. The maximum Gasteiger partial charge on any atom is 0.264 e. The molecular formula is C29H31F2N3O4S. The SMILES string of the molecule is C[C@@H](C(=O)NC1CCCC1)N(Cc1ccc(F)cc1)C(=O)CN(c1ccccc1)S(=O)(=O)c1ccc(F)cc1. The van der Waals surface area contributed by atoms with Crippen LogP contribution in [0.15, 0.2) is 83.8 Å². The van der Waals surface area contributed by atoms with Gasteiger partial charge in [-0.2, -0.15) is 0 Å². The van der Waals surface area contributed by atoms with Crippen molar-refractivity contribution in [2.75, 3.05) is 10.8 Å². The van der Waals surface area contributed by atoms with Gasteiger partial charge >= 0.3 is 0 Å². The predicted molar refractivity (Wildman–Crippen MR) is 144 cm³/mol. The molecule has 0 aliphatic heterocycles. The predicted octanol–water partition coefficient (Wildman–Crippen LogP) is 4.64. The van der Waals surface area contributed by atoms with E-state index < -0.39 is 40.2 Å². The number of carbonyl (C=O) groups excluding carboxylic acids is 2. The zero-order chi connectivity index (χ0) is 28.0. The lowest BCUT2D eigenvalue weighted by molar-refractivity contribution is -0.139. The number of para-hydroxylation sites is 1. The summed E-state index contributed by atoms with van der Waals surface area (Å²) in [4.78, 5) is 28.1. The van der Waals surface area contributed by atoms with Gasteiger partial charge in [0.1, 0.15) is 24.2 Å². The van der Waals surface area contributed by atoms with Crippen LogP contribution in [0.25, 0.3) is 0 Å². The number of nitrogens with one attached hydrogen (secondary N) is 1. The average molecular weight is 556 g/mol. The highest BCUT2D eigenvalue weighted by Gasteiger charge is 2.33. The van der Waals surface area contributed by atoms with Gasteiger partial charge < -0.3 is 10.2 Å². The molecule has 2 amide bonds. The Morgan fingerprint density at radius 3 is 2.05 bits per heavy atom. The summed E-state index contributed by atoms with van der Waals surface area (Å²) < 4.78 is 55.3. The highest BCUT2D eigenvalue weighted by Crippen LogP contribution is 2.25. The van der Waals surface area contributed by atoms with Crippen LogP contribution in [0.2, 0.25) is 0 Å². The van der Waals surface area contributed by atoms with Crippen molar-refractivity contribution < 1.29 is 26.8 Å². The number of sulfonamides is 1. The third-order valence-corrected chi connectivity index (χ3v) is 8.65. The number of amides is 2. The van der Waals surface area contributed by atoms with Crippen molar-refractivity contribution in [2.24, 2.45) is 0 Å². The Balaban J connectivity index is 1.66. The Labute approximate surface area is 227 Å². The summed E-state index contributed by atoms with van der Waals surface area (Å²) in [6.45, 7) is 0.955. The maximum absolute atomic E-state index is 13.8. The lowest BCUT2D eigenvalue weighted by atomic mass is 10.1. The van der Waals surface area contributed by atoms with E-state index in [-0.39, 0.29) is 29.1 Å². The standard InChI is InChI=1S/C29H31F2N3O4S/c1-21(29(36)32-25-7-5-6-8-25)33(19-22-11-13-23(30)14-12-22)28(35)20-34(26-9-3-2-4-10-26)39(37,38)27-17-15-24(31)16-18-27/h2-4,9-18,21,25H,5-8,19-20H2,1H3,(H,32,36)/t21-/m0/s1. The van der Waals surface area contributed by atoms with Gasteiger partial charge in [0.25, 0.3) is 10.0 Å². The van der Waals surface area contributed by atoms with Crippen molar-refractivity contribution >= 4 is 27.5 Å². The van der Waals surface area contributed by atoms with E-state index in [1.807, 2.05) is 0 Å². The van der Waals surface area contributed by atoms with Gasteiger partial charge in [-0.05, 0) is 73.9 Å². The number of benzene rings is 3. The molecule has 1 atom stereocenters. The van der Waals surface area contributed by atoms with E-state index in [1.54, 1.807) is 37.3 Å². The third-order valence-electron chi connectivity index (χ3n) is 6.86. The number of nitrogens with zero attached hydrogens (tertiary/aromatic N) is 2. The molecule has 39 heavy (non-hydrogen) atoms. The second-order valence-electron chi connectivity index (χ2n) is 9.62. The molecule has 0 saturated heterocycles. The van der Waals surface area contributed by atoms with Gasteiger partial charge in [-0.25, -0.2) is 17.2 Å². The smallest absolute Gasteiger partial charge is 0.264 e. The first kappa shape index (κ1) is 28.2. The third kappa shape index (κ3) is 7.00. The Morgan fingerprint density at radius 1 is 0.897 bits per heavy atom. The van der Waals surface area contributed by atoms with Crippen LogP contribution >= 0.6 is 0 Å². The summed E-state index contributed by atoms with van der Waals surface area (Å²) in [7, 11) is -4.27. The van der Waals surface area contributed by atoms with Crippen LogP contribution in [-0.4, -0.2) is 43.8 Å². The highest BCUT2D eigenvalue weighted by atomic mass is 32.2. The van der Waals surface area contributed by atoms with Crippen molar-refractivity contribution in [2.45, 2.75) is 56.1 Å². The molecule has 1 fully saturated rings. The zero-order valence-electron chi connectivity index (χ0n) is 21.6. The average Bonchev–Trinajstić information content (AvgIpc) is 3.44. The van der Waals surface area contributed by atoms with Crippen molar-refractivity contribution in [1.29, 1.82) is 0 Å². The van der Waals surface area contributed by atoms with E-state index in [2.05, 4.69) is 5.32 Å². The number of anilines is 1. The van der Waals surface area contributed by atoms with Crippen LogP contribution in [0.1, 0.15) is 38.2 Å². The largest absolute Gasteiger partial charge is 0.352 e. The topological polar surface area (TPSA) is 86.8 Å². The summed E-state index contributed by atoms with van der Waals surface area (Å²) in [5.74, 6) is -2.00. The van der Waals surface area contributed by atoms with Gasteiger partial charge in [-0.3, -0.25) is 13.9 Å². The minimum Gasteiger partial charge on any atom is -0.352 e. The Hall–Kier alpha value is -3.79. The molecule has 1 N–H and O–H groups in total. The summed E-state index contributed by atoms with van der Waals surface area (Å²) >= 11 is 0. The van der Waals surface area contributed by atoms with Gasteiger partial charge in [-0.1, -0.05) is 43.2 Å². The summed E-state index contributed by atoms with van der Waals surface area (Å²) in [5, 5.41) is 3.00. The van der Waals surface area contributed by atoms with Crippen molar-refractivity contribution in [3.8, 4) is 0 Å². The van der Waals surface area contributed by atoms with Crippen molar-refractivity contribution in [1.82, 2.24) is 10.2 Å². The van der Waals surface area contributed by atoms with Crippen LogP contribution in [0.4, 0.5) is 14.5 Å². The van der Waals surface area contributed by atoms with Crippen LogP contribution in [0.3, 0.4) is 0 Å². The van der Waals surface area contributed by atoms with Crippen LogP contribution in [-0.2, 0) is 26.2 Å². The van der Waals surface area contributed by atoms with E-state index in [1.165, 1.54) is 29.2 Å². The monoisotopic (exact) mass is 555 g/mol. The molecule has 0 aromatic heterocycles. The molecule has 206 valence electrons. The van der Waals surface area contributed by atoms with Crippen LogP contribution in [0.5, 0.6) is 0 Å². The van der Waals surface area contributed by atoms with Crippen LogP contribution < -0.4 is 9.62 Å². The van der Waals surface area contributed by atoms with Gasteiger partial charge in [0.15, 0.2) is 0 Å². The number of hydrogen-bond acceptors (Lipinski definition) is 4. The second kappa shape index (κ2) is 12.4. The molecule has 10 heteroatoms. The van der Waals surface area contributed by atoms with Gasteiger partial charge in [0.05, 0.1) is 10.6 Å². The zero-order valence-corrected chi connectivity index (χ0v) is 22.4. The molecule has 0 bridgehead atoms. The number of halogens is 2. The molecule has 1 saturated carbocycles. The van der Waals surface area contributed by atoms with Gasteiger partial charge in [-0.15, -0.1) is 0 Å². The fourth-order valence-electron chi connectivity index (χ4n) is 4.62. The Morgan fingerprint density at radius 2 is 1.46 bits per heavy atom. The normalized spacial score (nSPS) is 14.5. The molecule has 0 spiro atoms. The molecule has 1 aliphatic rings. The molecule has 3 aromatic carbocycles. The maximum atomic E-state index is 13.8. The quantitative estimate of drug-likeness (QED) is 0.395. The molecular weight excluding hydrogens is 524 g/mol. The lowest BCUT2D eigenvalue weighted by Gasteiger charge is -2.32. The van der Waals surface area contributed by atoms with Crippen molar-refractivity contribution in [3.63, 3.8) is 0 Å². The minimum absolute atomic E-state index is 0.0300. The van der Waals surface area contributed by atoms with Crippen molar-refractivity contribution in [3.05, 3.63) is 96.1 Å². The fourth-order valence-corrected chi connectivity index (χ4v) is 6.03. The molecule has 3 aromatic rings. The lowest BCUT2D eigenvalue weighted by Crippen LogP contribution is -2.52. The fraction of sp³-hybridized carbons (Fsp3) is 0.310. The summed E-state index contributed by atoms with van der Waals surface area (Å²) in [5.41, 5.74) is 0.817. The first-order valence-corrected chi connectivity index (χ1v) is 14.3. The molecule has 0 heterocycles. The van der Waals surface area contributed by atoms with Gasteiger partial charge in [0, 0.05) is 12.6 Å². The van der Waals surface area contributed by atoms with E-state index in [0.717, 1.165) is 54.3 Å². The second-order valence-corrected chi connectivity index (χ2v) is 11.5. The molecule has 1 aliphatic carbocycles. The number of rotatable bonds is 10. The number of hydrogen-bond donors (Lipinski definition) is 1. The summed E-state index contributed by atoms with van der Waals surface area (Å²) in [6, 6.07) is 17.1. The Bertz CT molecular complexity index is 1380. The van der Waals surface area contributed by atoms with E-state index >= 15 is 0 Å². The minimum atomic E-state index is -4.27. The molecule has 0 radical (unpaired) electrons. The Kier molecular flexibility index (Phi) is 8.96. The highest BCUT2D eigenvalue weighted by molar-refractivity contribution is 7.92. The van der Waals surface area contributed by atoms with E-state index in [0.29, 0.717) is 5.56 Å². The first-order valence-electron chi connectivity index (χ1n) is 12.8. The molecule has 4 rings (SSSR count). The molecule has 0 unspecified atom stereocenters. The molecule has 7 nitrogen and oxygen atoms in total. The summed E-state index contributed by atoms with van der Waals surface area (Å²) in [6.07, 6.45) is 3.76. The van der Waals surface area contributed by atoms with E-state index in [4.69, 9.17) is 0 Å². The van der Waals surface area contributed by atoms with Crippen LogP contribution in [0, 0.1) is 11.6 Å². The van der Waals surface area contributed by atoms with E-state index in [9.17, 15) is 26.8 Å². The van der Waals surface area contributed by atoms with Gasteiger partial charge in [0.2, 0.25) is 11.8 Å².